The zero-order valence-electron chi connectivity index (χ0n) is 16.4. The van der Waals surface area contributed by atoms with E-state index in [0.717, 1.165) is 62.0 Å². The van der Waals surface area contributed by atoms with Crippen LogP contribution < -0.4 is 15.4 Å². The van der Waals surface area contributed by atoms with Crippen molar-refractivity contribution in [3.63, 3.8) is 0 Å². The normalized spacial score (nSPS) is 22.6. The zero-order chi connectivity index (χ0) is 19.0. The van der Waals surface area contributed by atoms with Gasteiger partial charge in [-0.3, -0.25) is 4.99 Å². The van der Waals surface area contributed by atoms with Gasteiger partial charge >= 0.3 is 0 Å². The Labute approximate surface area is 165 Å². The maximum atomic E-state index is 6.47. The molecule has 7 heteroatoms. The second-order valence-corrected chi connectivity index (χ2v) is 8.14. The summed E-state index contributed by atoms with van der Waals surface area (Å²) in [6, 6.07) is 8.59. The number of hydrogen-bond acceptors (Lipinski definition) is 4. The van der Waals surface area contributed by atoms with Gasteiger partial charge in [0.1, 0.15) is 17.2 Å². The van der Waals surface area contributed by atoms with E-state index in [4.69, 9.17) is 4.74 Å². The zero-order valence-corrected chi connectivity index (χ0v) is 16.4. The Bertz CT molecular complexity index is 883. The van der Waals surface area contributed by atoms with E-state index < -0.39 is 0 Å². The van der Waals surface area contributed by atoms with Crippen molar-refractivity contribution in [3.05, 3.63) is 41.5 Å². The number of aryl methyl sites for hydroxylation is 1. The van der Waals surface area contributed by atoms with Crippen LogP contribution in [-0.4, -0.2) is 33.4 Å². The molecule has 0 saturated heterocycles. The number of fused-ring (bicyclic) bond motifs is 2. The van der Waals surface area contributed by atoms with Gasteiger partial charge in [-0.2, -0.15) is 0 Å². The number of benzene rings is 1. The number of rotatable bonds is 3. The second-order valence-electron chi connectivity index (χ2n) is 8.14. The molecule has 3 heterocycles. The summed E-state index contributed by atoms with van der Waals surface area (Å²) >= 11 is 0. The van der Waals surface area contributed by atoms with Crippen LogP contribution in [0, 0.1) is 0 Å². The lowest BCUT2D eigenvalue weighted by Gasteiger charge is -2.40. The van der Waals surface area contributed by atoms with E-state index in [2.05, 4.69) is 54.7 Å². The molecule has 1 aliphatic carbocycles. The van der Waals surface area contributed by atoms with Crippen molar-refractivity contribution in [2.75, 3.05) is 7.05 Å². The van der Waals surface area contributed by atoms with Crippen LogP contribution in [0.1, 0.15) is 61.8 Å². The summed E-state index contributed by atoms with van der Waals surface area (Å²) in [4.78, 5) is 4.46. The van der Waals surface area contributed by atoms with Crippen LogP contribution in [0.5, 0.6) is 5.75 Å². The molecule has 0 amide bonds. The molecule has 0 bridgehead atoms. The topological polar surface area (TPSA) is 76.4 Å². The Morgan fingerprint density at radius 3 is 2.96 bits per heavy atom. The fourth-order valence-corrected chi connectivity index (χ4v) is 4.94. The molecule has 2 aliphatic heterocycles. The molecule has 1 aromatic carbocycles. The first kappa shape index (κ1) is 17.5. The van der Waals surface area contributed by atoms with Crippen LogP contribution >= 0.6 is 0 Å². The molecule has 2 N–H and O–H groups in total. The van der Waals surface area contributed by atoms with E-state index in [1.807, 2.05) is 7.05 Å². The van der Waals surface area contributed by atoms with E-state index in [1.165, 1.54) is 18.4 Å². The van der Waals surface area contributed by atoms with Gasteiger partial charge < -0.3 is 19.9 Å². The summed E-state index contributed by atoms with van der Waals surface area (Å²) < 4.78 is 8.69. The Morgan fingerprint density at radius 2 is 2.11 bits per heavy atom. The molecule has 1 unspecified atom stereocenters. The minimum absolute atomic E-state index is 0.0291. The van der Waals surface area contributed by atoms with E-state index in [1.54, 1.807) is 0 Å². The number of ether oxygens (including phenoxy) is 1. The lowest BCUT2D eigenvalue weighted by atomic mass is 9.86. The molecule has 3 aliphatic rings. The third-order valence-corrected chi connectivity index (χ3v) is 6.35. The van der Waals surface area contributed by atoms with Crippen LogP contribution in [0.3, 0.4) is 0 Å². The summed E-state index contributed by atoms with van der Waals surface area (Å²) in [5, 5.41) is 15.7. The number of guanidine groups is 1. The third kappa shape index (κ3) is 3.12. The number of aliphatic imine (C=N–C) groups is 1. The lowest BCUT2D eigenvalue weighted by molar-refractivity contribution is 0.0396. The van der Waals surface area contributed by atoms with Gasteiger partial charge in [0, 0.05) is 32.0 Å². The Morgan fingerprint density at radius 1 is 1.25 bits per heavy atom. The van der Waals surface area contributed by atoms with Crippen LogP contribution in [0.2, 0.25) is 0 Å². The first-order valence-electron chi connectivity index (χ1n) is 10.4. The van der Waals surface area contributed by atoms with Crippen LogP contribution in [0.25, 0.3) is 0 Å². The average molecular weight is 380 g/mol. The molecule has 148 valence electrons. The van der Waals surface area contributed by atoms with Gasteiger partial charge in [-0.25, -0.2) is 0 Å². The maximum Gasteiger partial charge on any atom is 0.191 e. The number of para-hydroxylation sites is 1. The van der Waals surface area contributed by atoms with Crippen LogP contribution in [-0.2, 0) is 19.5 Å². The quantitative estimate of drug-likeness (QED) is 0.632. The van der Waals surface area contributed by atoms with Crippen molar-refractivity contribution in [2.24, 2.45) is 4.99 Å². The number of nitrogens with zero attached hydrogens (tertiary/aromatic N) is 4. The van der Waals surface area contributed by atoms with Gasteiger partial charge in [0.25, 0.3) is 0 Å². The Kier molecular flexibility index (Phi) is 4.45. The monoisotopic (exact) mass is 380 g/mol. The van der Waals surface area contributed by atoms with E-state index in [-0.39, 0.29) is 11.6 Å². The van der Waals surface area contributed by atoms with E-state index in [9.17, 15) is 0 Å². The molecule has 1 aromatic heterocycles. The van der Waals surface area contributed by atoms with Gasteiger partial charge in [0.15, 0.2) is 11.8 Å². The lowest BCUT2D eigenvalue weighted by Crippen LogP contribution is -2.46. The van der Waals surface area contributed by atoms with E-state index >= 15 is 0 Å². The largest absolute Gasteiger partial charge is 0.487 e. The molecule has 28 heavy (non-hydrogen) atoms. The molecule has 1 saturated carbocycles. The smallest absolute Gasteiger partial charge is 0.191 e. The van der Waals surface area contributed by atoms with Gasteiger partial charge in [-0.05, 0) is 38.2 Å². The third-order valence-electron chi connectivity index (χ3n) is 6.35. The highest BCUT2D eigenvalue weighted by Gasteiger charge is 2.43. The Hall–Kier alpha value is -2.57. The van der Waals surface area contributed by atoms with Gasteiger partial charge in [0.2, 0.25) is 0 Å². The Balaban J connectivity index is 1.31. The molecular formula is C21H28N6O. The summed E-state index contributed by atoms with van der Waals surface area (Å²) in [6.07, 6.45) is 7.94. The SMILES string of the molecule is CN=C(NCc1nnc2n1CCC2)NC1CC2(CCCC2)Oc2ccccc21. The second kappa shape index (κ2) is 7.11. The summed E-state index contributed by atoms with van der Waals surface area (Å²) in [5.41, 5.74) is 1.19. The van der Waals surface area contributed by atoms with Crippen molar-refractivity contribution in [3.8, 4) is 5.75 Å². The van der Waals surface area contributed by atoms with Crippen LogP contribution in [0.4, 0.5) is 0 Å². The van der Waals surface area contributed by atoms with Crippen molar-refractivity contribution < 1.29 is 4.74 Å². The summed E-state index contributed by atoms with van der Waals surface area (Å²) in [5.74, 6) is 3.89. The van der Waals surface area contributed by atoms with Crippen molar-refractivity contribution in [1.29, 1.82) is 0 Å². The molecular weight excluding hydrogens is 352 g/mol. The highest BCUT2D eigenvalue weighted by Crippen LogP contribution is 2.46. The standard InChI is InChI=1S/C21H28N6O/c1-22-20(23-14-19-26-25-18-9-6-12-27(18)19)24-16-13-21(10-4-5-11-21)28-17-8-3-2-7-15(16)17/h2-3,7-8,16H,4-6,9-14H2,1H3,(H2,22,23,24). The van der Waals surface area contributed by atoms with Gasteiger partial charge in [-0.1, -0.05) is 18.2 Å². The van der Waals surface area contributed by atoms with E-state index in [0.29, 0.717) is 6.54 Å². The minimum Gasteiger partial charge on any atom is -0.487 e. The molecule has 5 rings (SSSR count). The summed E-state index contributed by atoms with van der Waals surface area (Å²) in [7, 11) is 1.82. The van der Waals surface area contributed by atoms with Gasteiger partial charge in [0.05, 0.1) is 12.6 Å². The number of hydrogen-bond donors (Lipinski definition) is 2. The fourth-order valence-electron chi connectivity index (χ4n) is 4.94. The van der Waals surface area contributed by atoms with Crippen LogP contribution in [0.15, 0.2) is 29.3 Å². The summed E-state index contributed by atoms with van der Waals surface area (Å²) in [6.45, 7) is 1.64. The predicted octanol–water partition coefficient (Wildman–Crippen LogP) is 2.73. The number of aromatic nitrogens is 3. The van der Waals surface area contributed by atoms with Crippen molar-refractivity contribution >= 4 is 5.96 Å². The molecule has 0 radical (unpaired) electrons. The average Bonchev–Trinajstić information content (AvgIpc) is 3.43. The number of nitrogens with one attached hydrogen (secondary N) is 2. The first-order valence-corrected chi connectivity index (χ1v) is 10.4. The molecule has 2 aromatic rings. The predicted molar refractivity (Wildman–Crippen MR) is 107 cm³/mol. The highest BCUT2D eigenvalue weighted by molar-refractivity contribution is 5.80. The molecule has 1 fully saturated rings. The highest BCUT2D eigenvalue weighted by atomic mass is 16.5. The van der Waals surface area contributed by atoms with Gasteiger partial charge in [-0.15, -0.1) is 10.2 Å². The van der Waals surface area contributed by atoms with Crippen molar-refractivity contribution in [1.82, 2.24) is 25.4 Å². The first-order chi connectivity index (χ1) is 13.8. The minimum atomic E-state index is -0.0291. The van der Waals surface area contributed by atoms with Crippen molar-refractivity contribution in [2.45, 2.75) is 69.7 Å². The molecule has 1 atom stereocenters. The fraction of sp³-hybridized carbons (Fsp3) is 0.571. The molecule has 1 spiro atoms. The molecule has 7 nitrogen and oxygen atoms in total. The maximum absolute atomic E-state index is 6.47.